The molecule has 1 atom stereocenters. The van der Waals surface area contributed by atoms with Gasteiger partial charge in [0.2, 0.25) is 0 Å². The number of ether oxygens (including phenoxy) is 3. The summed E-state index contributed by atoms with van der Waals surface area (Å²) >= 11 is 0. The number of imide groups is 1. The smallest absolute Gasteiger partial charge is 0.274 e. The van der Waals surface area contributed by atoms with Crippen molar-refractivity contribution in [3.05, 3.63) is 53.6 Å². The van der Waals surface area contributed by atoms with Crippen LogP contribution in [0.15, 0.2) is 42.5 Å². The molecule has 1 aliphatic heterocycles. The van der Waals surface area contributed by atoms with Crippen molar-refractivity contribution in [2.75, 3.05) is 19.1 Å². The molecule has 1 heterocycles. The van der Waals surface area contributed by atoms with Crippen molar-refractivity contribution in [3.63, 3.8) is 0 Å². The van der Waals surface area contributed by atoms with Gasteiger partial charge in [-0.15, -0.1) is 0 Å². The summed E-state index contributed by atoms with van der Waals surface area (Å²) in [6.45, 7) is 3.79. The molecule has 0 N–H and O–H groups in total. The third-order valence-electron chi connectivity index (χ3n) is 4.99. The van der Waals surface area contributed by atoms with Crippen LogP contribution in [0.3, 0.4) is 0 Å². The Labute approximate surface area is 177 Å². The van der Waals surface area contributed by atoms with Gasteiger partial charge in [0.15, 0.2) is 11.9 Å². The standard InChI is InChI=1S/C24H27NO5/c1-5-6-7-8-10-17-11-9-12-20-22(17)30-16(2)23(26)25(20)24(27)19-14-13-18(28-3)15-21(19)29-4/h8-16H,5-7H2,1-4H3/b10-8+. The molecule has 0 radical (unpaired) electrons. The fraction of sp³-hybridized carbons (Fsp3) is 0.333. The average molecular weight is 409 g/mol. The second-order valence-electron chi connectivity index (χ2n) is 7.05. The maximum Gasteiger partial charge on any atom is 0.274 e. The van der Waals surface area contributed by atoms with E-state index in [9.17, 15) is 9.59 Å². The number of fused-ring (bicyclic) bond motifs is 1. The van der Waals surface area contributed by atoms with Gasteiger partial charge in [0.25, 0.3) is 11.8 Å². The number of carbonyl (C=O) groups is 2. The SMILES string of the molecule is CCCC/C=C/c1cccc2c1OC(C)C(=O)N2C(=O)c1ccc(OC)cc1OC. The lowest BCUT2D eigenvalue weighted by molar-refractivity contribution is -0.124. The lowest BCUT2D eigenvalue weighted by Crippen LogP contribution is -2.48. The molecule has 6 heteroatoms. The van der Waals surface area contributed by atoms with Crippen LogP contribution in [0, 0.1) is 0 Å². The van der Waals surface area contributed by atoms with Gasteiger partial charge >= 0.3 is 0 Å². The van der Waals surface area contributed by atoms with Gasteiger partial charge in [-0.3, -0.25) is 9.59 Å². The topological polar surface area (TPSA) is 65.1 Å². The molecule has 2 aromatic carbocycles. The molecule has 3 rings (SSSR count). The van der Waals surface area contributed by atoms with Crippen LogP contribution >= 0.6 is 0 Å². The van der Waals surface area contributed by atoms with Gasteiger partial charge in [0.05, 0.1) is 25.5 Å². The third kappa shape index (κ3) is 4.17. The summed E-state index contributed by atoms with van der Waals surface area (Å²) in [5.74, 6) is 0.534. The van der Waals surface area contributed by atoms with Gasteiger partial charge in [-0.25, -0.2) is 4.90 Å². The number of methoxy groups -OCH3 is 2. The zero-order chi connectivity index (χ0) is 21.7. The van der Waals surface area contributed by atoms with Crippen LogP contribution in [0.1, 0.15) is 49.0 Å². The van der Waals surface area contributed by atoms with Crippen LogP contribution in [-0.2, 0) is 4.79 Å². The lowest BCUT2D eigenvalue weighted by Gasteiger charge is -2.32. The zero-order valence-corrected chi connectivity index (χ0v) is 17.8. The number of carbonyl (C=O) groups excluding carboxylic acids is 2. The van der Waals surface area contributed by atoms with Crippen LogP contribution in [0.25, 0.3) is 6.08 Å². The molecule has 0 bridgehead atoms. The number of hydrogen-bond donors (Lipinski definition) is 0. The molecule has 2 amide bonds. The second-order valence-corrected chi connectivity index (χ2v) is 7.05. The van der Waals surface area contributed by atoms with E-state index in [1.54, 1.807) is 31.2 Å². The van der Waals surface area contributed by atoms with Crippen molar-refractivity contribution in [2.24, 2.45) is 0 Å². The van der Waals surface area contributed by atoms with Crippen molar-refractivity contribution in [1.82, 2.24) is 0 Å². The first kappa shape index (κ1) is 21.4. The van der Waals surface area contributed by atoms with Gasteiger partial charge in [0, 0.05) is 11.6 Å². The fourth-order valence-electron chi connectivity index (χ4n) is 3.34. The number of hydrogen-bond acceptors (Lipinski definition) is 5. The van der Waals surface area contributed by atoms with Gasteiger partial charge in [-0.2, -0.15) is 0 Å². The van der Waals surface area contributed by atoms with Gasteiger partial charge < -0.3 is 14.2 Å². The van der Waals surface area contributed by atoms with E-state index in [1.165, 1.54) is 19.1 Å². The predicted molar refractivity (Wildman–Crippen MR) is 116 cm³/mol. The summed E-state index contributed by atoms with van der Waals surface area (Å²) in [5.41, 5.74) is 1.54. The largest absolute Gasteiger partial charge is 0.497 e. The van der Waals surface area contributed by atoms with Crippen LogP contribution in [-0.4, -0.2) is 32.1 Å². The van der Waals surface area contributed by atoms with Crippen molar-refractivity contribution >= 4 is 23.6 Å². The minimum Gasteiger partial charge on any atom is -0.497 e. The highest BCUT2D eigenvalue weighted by Gasteiger charge is 2.38. The summed E-state index contributed by atoms with van der Waals surface area (Å²) in [4.78, 5) is 27.5. The average Bonchev–Trinajstić information content (AvgIpc) is 2.77. The molecule has 30 heavy (non-hydrogen) atoms. The van der Waals surface area contributed by atoms with E-state index in [1.807, 2.05) is 18.2 Å². The highest BCUT2D eigenvalue weighted by molar-refractivity contribution is 6.24. The summed E-state index contributed by atoms with van der Waals surface area (Å²) in [6.07, 6.45) is 6.46. The Kier molecular flexibility index (Phi) is 6.77. The Morgan fingerprint density at radius 3 is 2.70 bits per heavy atom. The summed E-state index contributed by atoms with van der Waals surface area (Å²) in [5, 5.41) is 0. The molecule has 0 saturated heterocycles. The van der Waals surface area contributed by atoms with E-state index in [0.29, 0.717) is 22.9 Å². The molecule has 1 aliphatic rings. The second kappa shape index (κ2) is 9.48. The van der Waals surface area contributed by atoms with E-state index in [0.717, 1.165) is 24.8 Å². The molecule has 1 unspecified atom stereocenters. The van der Waals surface area contributed by atoms with Crippen molar-refractivity contribution in [2.45, 2.75) is 39.2 Å². The number of para-hydroxylation sites is 1. The minimum atomic E-state index is -0.782. The first-order valence-corrected chi connectivity index (χ1v) is 10.1. The summed E-state index contributed by atoms with van der Waals surface area (Å²) in [6, 6.07) is 10.3. The highest BCUT2D eigenvalue weighted by atomic mass is 16.5. The fourth-order valence-corrected chi connectivity index (χ4v) is 3.34. The Balaban J connectivity index is 2.04. The summed E-state index contributed by atoms with van der Waals surface area (Å²) < 4.78 is 16.5. The number of anilines is 1. The van der Waals surface area contributed by atoms with Crippen LogP contribution in [0.2, 0.25) is 0 Å². The molecule has 0 aromatic heterocycles. The number of benzene rings is 2. The zero-order valence-electron chi connectivity index (χ0n) is 17.8. The predicted octanol–water partition coefficient (Wildman–Crippen LogP) is 4.86. The molecule has 6 nitrogen and oxygen atoms in total. The third-order valence-corrected chi connectivity index (χ3v) is 4.99. The van der Waals surface area contributed by atoms with Crippen LogP contribution < -0.4 is 19.1 Å². The van der Waals surface area contributed by atoms with Crippen LogP contribution in [0.5, 0.6) is 17.2 Å². The molecule has 0 fully saturated rings. The van der Waals surface area contributed by atoms with Gasteiger partial charge in [0.1, 0.15) is 11.5 Å². The monoisotopic (exact) mass is 409 g/mol. The molecule has 158 valence electrons. The van der Waals surface area contributed by atoms with E-state index >= 15 is 0 Å². The Morgan fingerprint density at radius 1 is 1.20 bits per heavy atom. The number of unbranched alkanes of at least 4 members (excludes halogenated alkanes) is 2. The molecule has 2 aromatic rings. The Bertz CT molecular complexity index is 966. The number of amides is 2. The molecular weight excluding hydrogens is 382 g/mol. The maximum atomic E-state index is 13.4. The number of nitrogens with zero attached hydrogens (tertiary/aromatic N) is 1. The first-order chi connectivity index (χ1) is 14.5. The van der Waals surface area contributed by atoms with Crippen molar-refractivity contribution in [3.8, 4) is 17.2 Å². The first-order valence-electron chi connectivity index (χ1n) is 10.1. The van der Waals surface area contributed by atoms with Crippen molar-refractivity contribution in [1.29, 1.82) is 0 Å². The van der Waals surface area contributed by atoms with E-state index < -0.39 is 17.9 Å². The van der Waals surface area contributed by atoms with Gasteiger partial charge in [-0.05, 0) is 31.5 Å². The molecule has 0 saturated carbocycles. The number of rotatable bonds is 7. The maximum absolute atomic E-state index is 13.4. The Morgan fingerprint density at radius 2 is 2.00 bits per heavy atom. The lowest BCUT2D eigenvalue weighted by atomic mass is 10.1. The quantitative estimate of drug-likeness (QED) is 0.483. The van der Waals surface area contributed by atoms with Gasteiger partial charge in [-0.1, -0.05) is 44.1 Å². The molecule has 0 aliphatic carbocycles. The number of allylic oxidation sites excluding steroid dienone is 1. The van der Waals surface area contributed by atoms with Crippen LogP contribution in [0.4, 0.5) is 5.69 Å². The van der Waals surface area contributed by atoms with E-state index in [-0.39, 0.29) is 5.56 Å². The van der Waals surface area contributed by atoms with E-state index in [2.05, 4.69) is 13.0 Å². The van der Waals surface area contributed by atoms with E-state index in [4.69, 9.17) is 14.2 Å². The minimum absolute atomic E-state index is 0.274. The summed E-state index contributed by atoms with van der Waals surface area (Å²) in [7, 11) is 3.01. The Hall–Kier alpha value is -3.28. The van der Waals surface area contributed by atoms with Crippen molar-refractivity contribution < 1.29 is 23.8 Å². The molecule has 0 spiro atoms. The molecular formula is C24H27NO5. The normalized spacial score (nSPS) is 15.7. The highest BCUT2D eigenvalue weighted by Crippen LogP contribution is 2.39.